The van der Waals surface area contributed by atoms with Crippen LogP contribution in [0.15, 0.2) is 24.3 Å². The van der Waals surface area contributed by atoms with Gasteiger partial charge in [-0.2, -0.15) is 0 Å². The average molecular weight is 303 g/mol. The molecule has 1 aromatic rings. The van der Waals surface area contributed by atoms with Crippen molar-refractivity contribution >= 4 is 5.78 Å². The van der Waals surface area contributed by atoms with E-state index in [4.69, 9.17) is 9.47 Å². The van der Waals surface area contributed by atoms with Crippen LogP contribution in [0.1, 0.15) is 36.5 Å². The third kappa shape index (κ3) is 4.08. The summed E-state index contributed by atoms with van der Waals surface area (Å²) in [5.74, 6) is 1.43. The van der Waals surface area contributed by atoms with Crippen LogP contribution < -0.4 is 4.74 Å². The Bertz CT molecular complexity index is 507. The van der Waals surface area contributed by atoms with Gasteiger partial charge in [0.15, 0.2) is 5.78 Å². The maximum absolute atomic E-state index is 11.6. The standard InChI is InChI=1S/C18H25NO3/c1-14(20)17-4-2-3-5-18(17)22-11-9-19(16-6-7-16)12-15-8-10-21-13-15/h2-5,15-16H,6-13H2,1H3/t15-/m1/s1. The maximum atomic E-state index is 11.6. The van der Waals surface area contributed by atoms with E-state index >= 15 is 0 Å². The first-order valence-electron chi connectivity index (χ1n) is 8.28. The Kier molecular flexibility index (Phi) is 5.11. The number of hydrogen-bond donors (Lipinski definition) is 0. The monoisotopic (exact) mass is 303 g/mol. The number of hydrogen-bond acceptors (Lipinski definition) is 4. The molecule has 0 N–H and O–H groups in total. The van der Waals surface area contributed by atoms with Gasteiger partial charge in [0.25, 0.3) is 0 Å². The molecule has 4 nitrogen and oxygen atoms in total. The first kappa shape index (κ1) is 15.5. The van der Waals surface area contributed by atoms with Crippen molar-refractivity contribution in [2.75, 3.05) is 32.9 Å². The van der Waals surface area contributed by atoms with Crippen molar-refractivity contribution in [2.24, 2.45) is 5.92 Å². The van der Waals surface area contributed by atoms with Gasteiger partial charge in [-0.15, -0.1) is 0 Å². The van der Waals surface area contributed by atoms with Crippen LogP contribution >= 0.6 is 0 Å². The molecule has 1 heterocycles. The Morgan fingerprint density at radius 2 is 2.14 bits per heavy atom. The van der Waals surface area contributed by atoms with Gasteiger partial charge >= 0.3 is 0 Å². The van der Waals surface area contributed by atoms with Gasteiger partial charge in [0, 0.05) is 25.7 Å². The van der Waals surface area contributed by atoms with Gasteiger partial charge in [-0.05, 0) is 44.2 Å². The summed E-state index contributed by atoms with van der Waals surface area (Å²) >= 11 is 0. The van der Waals surface area contributed by atoms with Gasteiger partial charge in [0.05, 0.1) is 12.2 Å². The topological polar surface area (TPSA) is 38.8 Å². The van der Waals surface area contributed by atoms with Gasteiger partial charge in [0.1, 0.15) is 12.4 Å². The summed E-state index contributed by atoms with van der Waals surface area (Å²) in [5.41, 5.74) is 0.671. The second-order valence-electron chi connectivity index (χ2n) is 6.36. The lowest BCUT2D eigenvalue weighted by molar-refractivity contribution is 0.101. The van der Waals surface area contributed by atoms with Gasteiger partial charge in [-0.25, -0.2) is 0 Å². The van der Waals surface area contributed by atoms with Crippen molar-refractivity contribution in [1.29, 1.82) is 0 Å². The molecular weight excluding hydrogens is 278 g/mol. The summed E-state index contributed by atoms with van der Waals surface area (Å²) in [4.78, 5) is 14.1. The molecule has 1 saturated heterocycles. The van der Waals surface area contributed by atoms with Crippen molar-refractivity contribution in [1.82, 2.24) is 4.90 Å². The van der Waals surface area contributed by atoms with E-state index in [1.807, 2.05) is 24.3 Å². The van der Waals surface area contributed by atoms with Crippen LogP contribution in [0.5, 0.6) is 5.75 Å². The summed E-state index contributed by atoms with van der Waals surface area (Å²) in [6, 6.07) is 8.22. The Morgan fingerprint density at radius 3 is 2.82 bits per heavy atom. The summed E-state index contributed by atoms with van der Waals surface area (Å²) in [6.45, 7) is 6.06. The predicted octanol–water partition coefficient (Wildman–Crippen LogP) is 2.77. The number of ether oxygens (including phenoxy) is 2. The highest BCUT2D eigenvalue weighted by molar-refractivity contribution is 5.96. The number of ketones is 1. The molecule has 120 valence electrons. The van der Waals surface area contributed by atoms with Crippen LogP contribution in [0.25, 0.3) is 0 Å². The fourth-order valence-electron chi connectivity index (χ4n) is 3.08. The molecule has 0 radical (unpaired) electrons. The molecule has 3 rings (SSSR count). The zero-order chi connectivity index (χ0) is 15.4. The van der Waals surface area contributed by atoms with Gasteiger partial charge in [0.2, 0.25) is 0 Å². The van der Waals surface area contributed by atoms with Crippen LogP contribution in [0.4, 0.5) is 0 Å². The van der Waals surface area contributed by atoms with Crippen molar-refractivity contribution < 1.29 is 14.3 Å². The molecule has 1 aliphatic heterocycles. The SMILES string of the molecule is CC(=O)c1ccccc1OCCN(C[C@H]1CCOC1)C1CC1. The molecule has 1 aliphatic carbocycles. The largest absolute Gasteiger partial charge is 0.491 e. The van der Waals surface area contributed by atoms with Crippen LogP contribution in [0, 0.1) is 5.92 Å². The molecule has 1 atom stereocenters. The minimum absolute atomic E-state index is 0.0535. The molecule has 0 amide bonds. The Hall–Kier alpha value is -1.39. The lowest BCUT2D eigenvalue weighted by Gasteiger charge is -2.25. The quantitative estimate of drug-likeness (QED) is 0.692. The third-order valence-electron chi connectivity index (χ3n) is 4.48. The van der Waals surface area contributed by atoms with Crippen LogP contribution in [0.3, 0.4) is 0 Å². The van der Waals surface area contributed by atoms with Gasteiger partial charge < -0.3 is 9.47 Å². The lowest BCUT2D eigenvalue weighted by Crippen LogP contribution is -2.35. The van der Waals surface area contributed by atoms with Gasteiger partial charge in [-0.1, -0.05) is 12.1 Å². The smallest absolute Gasteiger partial charge is 0.163 e. The zero-order valence-corrected chi connectivity index (χ0v) is 13.3. The van der Waals surface area contributed by atoms with E-state index in [1.165, 1.54) is 19.3 Å². The van der Waals surface area contributed by atoms with Crippen molar-refractivity contribution in [3.8, 4) is 5.75 Å². The minimum Gasteiger partial charge on any atom is -0.491 e. The Labute approximate surface area is 132 Å². The minimum atomic E-state index is 0.0535. The third-order valence-corrected chi connectivity index (χ3v) is 4.48. The number of rotatable bonds is 8. The number of benzene rings is 1. The molecule has 2 fully saturated rings. The second-order valence-corrected chi connectivity index (χ2v) is 6.36. The molecule has 2 aliphatic rings. The predicted molar refractivity (Wildman–Crippen MR) is 85.5 cm³/mol. The summed E-state index contributed by atoms with van der Waals surface area (Å²) in [6.07, 6.45) is 3.78. The number of para-hydroxylation sites is 1. The molecule has 4 heteroatoms. The highest BCUT2D eigenvalue weighted by atomic mass is 16.5. The van der Waals surface area contributed by atoms with E-state index in [0.29, 0.717) is 23.8 Å². The first-order valence-corrected chi connectivity index (χ1v) is 8.28. The summed E-state index contributed by atoms with van der Waals surface area (Å²) in [7, 11) is 0. The lowest BCUT2D eigenvalue weighted by atomic mass is 10.1. The molecule has 22 heavy (non-hydrogen) atoms. The highest BCUT2D eigenvalue weighted by Gasteiger charge is 2.31. The fourth-order valence-corrected chi connectivity index (χ4v) is 3.08. The molecule has 0 spiro atoms. The average Bonchev–Trinajstić information content (AvgIpc) is 3.24. The summed E-state index contributed by atoms with van der Waals surface area (Å²) < 4.78 is 11.4. The van der Waals surface area contributed by atoms with Gasteiger partial charge in [-0.3, -0.25) is 9.69 Å². The molecule has 1 saturated carbocycles. The fraction of sp³-hybridized carbons (Fsp3) is 0.611. The highest BCUT2D eigenvalue weighted by Crippen LogP contribution is 2.29. The Balaban J connectivity index is 1.51. The van der Waals surface area contributed by atoms with Crippen LogP contribution in [-0.4, -0.2) is 49.6 Å². The number of Topliss-reactive ketones (excluding diaryl/α,β-unsaturated/α-hetero) is 1. The molecular formula is C18H25NO3. The molecule has 0 unspecified atom stereocenters. The van der Waals surface area contributed by atoms with Crippen LogP contribution in [-0.2, 0) is 4.74 Å². The van der Waals surface area contributed by atoms with E-state index in [-0.39, 0.29) is 5.78 Å². The number of carbonyl (C=O) groups excluding carboxylic acids is 1. The molecule has 0 bridgehead atoms. The van der Waals surface area contributed by atoms with Crippen molar-refractivity contribution in [3.05, 3.63) is 29.8 Å². The number of carbonyl (C=O) groups is 1. The summed E-state index contributed by atoms with van der Waals surface area (Å²) in [5, 5.41) is 0. The van der Waals surface area contributed by atoms with Crippen LogP contribution in [0.2, 0.25) is 0 Å². The second kappa shape index (κ2) is 7.25. The van der Waals surface area contributed by atoms with E-state index in [2.05, 4.69) is 4.90 Å². The van der Waals surface area contributed by atoms with E-state index in [1.54, 1.807) is 6.92 Å². The van der Waals surface area contributed by atoms with Crippen molar-refractivity contribution in [2.45, 2.75) is 32.2 Å². The normalized spacial score (nSPS) is 21.3. The zero-order valence-electron chi connectivity index (χ0n) is 13.3. The van der Waals surface area contributed by atoms with E-state index < -0.39 is 0 Å². The molecule has 0 aromatic heterocycles. The van der Waals surface area contributed by atoms with E-state index in [9.17, 15) is 4.79 Å². The first-order chi connectivity index (χ1) is 10.7. The Morgan fingerprint density at radius 1 is 1.32 bits per heavy atom. The number of nitrogens with zero attached hydrogens (tertiary/aromatic N) is 1. The van der Waals surface area contributed by atoms with E-state index in [0.717, 1.165) is 32.3 Å². The molecule has 1 aromatic carbocycles. The maximum Gasteiger partial charge on any atom is 0.163 e. The van der Waals surface area contributed by atoms with Crippen molar-refractivity contribution in [3.63, 3.8) is 0 Å².